The first-order chi connectivity index (χ1) is 11.3. The molecule has 8 heteroatoms. The van der Waals surface area contributed by atoms with Crippen LogP contribution in [0, 0.1) is 20.8 Å². The average Bonchev–Trinajstić information content (AvgIpc) is 3.11. The van der Waals surface area contributed by atoms with E-state index < -0.39 is 9.84 Å². The zero-order valence-corrected chi connectivity index (χ0v) is 16.2. The summed E-state index contributed by atoms with van der Waals surface area (Å²) in [6.45, 7) is 5.75. The van der Waals surface area contributed by atoms with Gasteiger partial charge in [-0.05, 0) is 45.2 Å². The molecule has 0 aliphatic carbocycles. The fourth-order valence-corrected chi connectivity index (χ4v) is 6.04. The smallest absolute Gasteiger partial charge is 0.217 e. The minimum absolute atomic E-state index is 0.103. The SMILES string of the molecule is CSc1sc(-n2nc(C)cc2C)nc1S(=O)(=O)c1ccc(C)cc1. The monoisotopic (exact) mass is 379 g/mol. The summed E-state index contributed by atoms with van der Waals surface area (Å²) in [5, 5.41) is 5.06. The second-order valence-corrected chi connectivity index (χ2v) is 9.37. The number of benzene rings is 1. The topological polar surface area (TPSA) is 64.8 Å². The molecule has 3 rings (SSSR count). The second-order valence-electron chi connectivity index (χ2n) is 5.45. The van der Waals surface area contributed by atoms with Gasteiger partial charge in [0.15, 0.2) is 5.03 Å². The van der Waals surface area contributed by atoms with Crippen molar-refractivity contribution in [3.8, 4) is 5.13 Å². The predicted molar refractivity (Wildman–Crippen MR) is 97.1 cm³/mol. The maximum atomic E-state index is 13.0. The number of thioether (sulfide) groups is 1. The van der Waals surface area contributed by atoms with Crippen LogP contribution in [0.25, 0.3) is 5.13 Å². The van der Waals surface area contributed by atoms with Crippen molar-refractivity contribution in [3.63, 3.8) is 0 Å². The van der Waals surface area contributed by atoms with E-state index in [0.717, 1.165) is 17.0 Å². The molecule has 0 fully saturated rings. The van der Waals surface area contributed by atoms with Gasteiger partial charge in [0.25, 0.3) is 0 Å². The van der Waals surface area contributed by atoms with Crippen LogP contribution in [0.2, 0.25) is 0 Å². The number of rotatable bonds is 4. The molecule has 126 valence electrons. The first-order valence-electron chi connectivity index (χ1n) is 7.23. The van der Waals surface area contributed by atoms with Gasteiger partial charge in [-0.25, -0.2) is 18.1 Å². The van der Waals surface area contributed by atoms with Crippen LogP contribution in [0.1, 0.15) is 17.0 Å². The molecule has 1 aromatic carbocycles. The number of thiazole rings is 1. The Balaban J connectivity index is 2.14. The molecular weight excluding hydrogens is 362 g/mol. The number of hydrogen-bond donors (Lipinski definition) is 0. The summed E-state index contributed by atoms with van der Waals surface area (Å²) in [5.41, 5.74) is 2.81. The quantitative estimate of drug-likeness (QED) is 0.645. The van der Waals surface area contributed by atoms with E-state index in [1.165, 1.54) is 23.1 Å². The van der Waals surface area contributed by atoms with Crippen LogP contribution in [0.5, 0.6) is 0 Å². The molecule has 0 radical (unpaired) electrons. The molecule has 3 aromatic rings. The summed E-state index contributed by atoms with van der Waals surface area (Å²) in [6.07, 6.45) is 1.85. The van der Waals surface area contributed by atoms with E-state index in [0.29, 0.717) is 9.34 Å². The second kappa shape index (κ2) is 6.34. The van der Waals surface area contributed by atoms with Crippen molar-refractivity contribution in [3.05, 3.63) is 47.3 Å². The van der Waals surface area contributed by atoms with E-state index in [4.69, 9.17) is 0 Å². The standard InChI is InChI=1S/C16H17N3O2S3/c1-10-5-7-13(8-6-10)24(20,21)14-15(22-4)23-16(17-14)19-12(3)9-11(2)18-19/h5-9H,1-4H3. The normalized spacial score (nSPS) is 11.8. The van der Waals surface area contributed by atoms with Crippen LogP contribution in [0.3, 0.4) is 0 Å². The number of nitrogens with zero attached hydrogens (tertiary/aromatic N) is 3. The zero-order valence-electron chi connectivity index (χ0n) is 13.8. The highest BCUT2D eigenvalue weighted by atomic mass is 32.2. The van der Waals surface area contributed by atoms with Crippen LogP contribution in [-0.2, 0) is 9.84 Å². The van der Waals surface area contributed by atoms with Crippen molar-refractivity contribution < 1.29 is 8.42 Å². The zero-order chi connectivity index (χ0) is 17.5. The molecule has 0 saturated heterocycles. The van der Waals surface area contributed by atoms with Gasteiger partial charge in [-0.3, -0.25) is 0 Å². The van der Waals surface area contributed by atoms with Gasteiger partial charge in [0.2, 0.25) is 15.0 Å². The summed E-state index contributed by atoms with van der Waals surface area (Å²) in [7, 11) is -3.65. The molecule has 0 spiro atoms. The fourth-order valence-electron chi connectivity index (χ4n) is 2.32. The highest BCUT2D eigenvalue weighted by Gasteiger charge is 2.27. The third-order valence-corrected chi connectivity index (χ3v) is 7.61. The van der Waals surface area contributed by atoms with Crippen LogP contribution in [0.4, 0.5) is 0 Å². The molecule has 0 amide bonds. The lowest BCUT2D eigenvalue weighted by Gasteiger charge is -2.03. The summed E-state index contributed by atoms with van der Waals surface area (Å²) in [5.74, 6) is 0. The lowest BCUT2D eigenvalue weighted by Crippen LogP contribution is -2.05. The van der Waals surface area contributed by atoms with Crippen molar-refractivity contribution in [2.24, 2.45) is 0 Å². The van der Waals surface area contributed by atoms with Gasteiger partial charge in [-0.15, -0.1) is 11.8 Å². The number of aromatic nitrogens is 3. The van der Waals surface area contributed by atoms with Crippen molar-refractivity contribution in [1.82, 2.24) is 14.8 Å². The molecule has 0 aliphatic rings. The molecule has 0 aliphatic heterocycles. The van der Waals surface area contributed by atoms with Crippen molar-refractivity contribution >= 4 is 32.9 Å². The molecule has 2 heterocycles. The van der Waals surface area contributed by atoms with Gasteiger partial charge >= 0.3 is 0 Å². The summed E-state index contributed by atoms with van der Waals surface area (Å²) < 4.78 is 28.3. The van der Waals surface area contributed by atoms with Crippen LogP contribution >= 0.6 is 23.1 Å². The highest BCUT2D eigenvalue weighted by Crippen LogP contribution is 2.36. The van der Waals surface area contributed by atoms with Gasteiger partial charge in [0.1, 0.15) is 4.21 Å². The molecule has 0 N–H and O–H groups in total. The Bertz CT molecular complexity index is 986. The molecule has 24 heavy (non-hydrogen) atoms. The van der Waals surface area contributed by atoms with E-state index in [1.807, 2.05) is 33.1 Å². The largest absolute Gasteiger partial charge is 0.225 e. The minimum atomic E-state index is -3.65. The number of sulfone groups is 1. The third-order valence-electron chi connectivity index (χ3n) is 3.52. The van der Waals surface area contributed by atoms with Crippen molar-refractivity contribution in [2.45, 2.75) is 34.9 Å². The van der Waals surface area contributed by atoms with E-state index >= 15 is 0 Å². The lowest BCUT2D eigenvalue weighted by molar-refractivity contribution is 0.590. The van der Waals surface area contributed by atoms with E-state index in [-0.39, 0.29) is 9.92 Å². The number of aryl methyl sites for hydroxylation is 3. The Morgan fingerprint density at radius 1 is 1.12 bits per heavy atom. The molecule has 0 unspecified atom stereocenters. The Morgan fingerprint density at radius 2 is 1.79 bits per heavy atom. The predicted octanol–water partition coefficient (Wildman–Crippen LogP) is 3.81. The third kappa shape index (κ3) is 3.01. The maximum absolute atomic E-state index is 13.0. The molecule has 2 aromatic heterocycles. The molecular formula is C16H17N3O2S3. The average molecular weight is 380 g/mol. The molecule has 0 bridgehead atoms. The minimum Gasteiger partial charge on any atom is -0.217 e. The Hall–Kier alpha value is -1.64. The highest BCUT2D eigenvalue weighted by molar-refractivity contribution is 8.01. The fraction of sp³-hybridized carbons (Fsp3) is 0.250. The molecule has 0 saturated carbocycles. The van der Waals surface area contributed by atoms with E-state index in [9.17, 15) is 8.42 Å². The molecule has 0 atom stereocenters. The van der Waals surface area contributed by atoms with Crippen molar-refractivity contribution in [2.75, 3.05) is 6.26 Å². The summed E-state index contributed by atoms with van der Waals surface area (Å²) in [6, 6.07) is 8.77. The first kappa shape index (κ1) is 17.2. The van der Waals surface area contributed by atoms with Gasteiger partial charge < -0.3 is 0 Å². The van der Waals surface area contributed by atoms with Gasteiger partial charge in [-0.1, -0.05) is 29.0 Å². The van der Waals surface area contributed by atoms with Gasteiger partial charge in [0.05, 0.1) is 10.6 Å². The lowest BCUT2D eigenvalue weighted by atomic mass is 10.2. The molecule has 5 nitrogen and oxygen atoms in total. The first-order valence-corrected chi connectivity index (χ1v) is 10.8. The van der Waals surface area contributed by atoms with Crippen LogP contribution in [0.15, 0.2) is 44.5 Å². The summed E-state index contributed by atoms with van der Waals surface area (Å²) >= 11 is 2.72. The Morgan fingerprint density at radius 3 is 2.33 bits per heavy atom. The number of hydrogen-bond acceptors (Lipinski definition) is 6. The van der Waals surface area contributed by atoms with Gasteiger partial charge in [-0.2, -0.15) is 5.10 Å². The van der Waals surface area contributed by atoms with Gasteiger partial charge in [0, 0.05) is 5.69 Å². The maximum Gasteiger partial charge on any atom is 0.225 e. The van der Waals surface area contributed by atoms with E-state index in [1.54, 1.807) is 28.9 Å². The van der Waals surface area contributed by atoms with Crippen molar-refractivity contribution in [1.29, 1.82) is 0 Å². The van der Waals surface area contributed by atoms with Crippen LogP contribution < -0.4 is 0 Å². The summed E-state index contributed by atoms with van der Waals surface area (Å²) in [4.78, 5) is 4.66. The Kier molecular flexibility index (Phi) is 4.54. The Labute approximate surface area is 149 Å². The van der Waals surface area contributed by atoms with E-state index in [2.05, 4.69) is 10.1 Å². The van der Waals surface area contributed by atoms with Crippen LogP contribution in [-0.4, -0.2) is 29.4 Å².